The van der Waals surface area contributed by atoms with Gasteiger partial charge >= 0.3 is 6.18 Å². The molecule has 0 saturated carbocycles. The van der Waals surface area contributed by atoms with Crippen molar-refractivity contribution in [3.63, 3.8) is 0 Å². The van der Waals surface area contributed by atoms with Gasteiger partial charge in [-0.15, -0.1) is 11.8 Å². The van der Waals surface area contributed by atoms with Crippen LogP contribution in [0.25, 0.3) is 11.3 Å². The predicted molar refractivity (Wildman–Crippen MR) is 107 cm³/mol. The highest BCUT2D eigenvalue weighted by Crippen LogP contribution is 2.38. The second-order valence-corrected chi connectivity index (χ2v) is 7.18. The van der Waals surface area contributed by atoms with E-state index in [9.17, 15) is 22.8 Å². The fraction of sp³-hybridized carbons (Fsp3) is 0.182. The van der Waals surface area contributed by atoms with E-state index in [1.807, 2.05) is 6.92 Å². The number of ether oxygens (including phenoxy) is 1. The van der Waals surface area contributed by atoms with E-state index in [-0.39, 0.29) is 16.5 Å². The quantitative estimate of drug-likeness (QED) is 0.331. The molecule has 1 heterocycles. The SMILES string of the molecule is CCOc1ccc(-c2cc(C(F)(F)F)c(C#N)c(SCc3ccc(F)cc3)n2)cc1. The van der Waals surface area contributed by atoms with Crippen molar-refractivity contribution in [2.75, 3.05) is 6.61 Å². The molecule has 2 aromatic carbocycles. The molecule has 0 aliphatic heterocycles. The van der Waals surface area contributed by atoms with E-state index in [0.717, 1.165) is 17.8 Å². The van der Waals surface area contributed by atoms with E-state index < -0.39 is 23.1 Å². The normalized spacial score (nSPS) is 11.2. The maximum atomic E-state index is 13.6. The van der Waals surface area contributed by atoms with Crippen molar-refractivity contribution in [2.24, 2.45) is 0 Å². The Bertz CT molecular complexity index is 1060. The van der Waals surface area contributed by atoms with Crippen LogP contribution in [0.15, 0.2) is 59.6 Å². The lowest BCUT2D eigenvalue weighted by Crippen LogP contribution is -2.10. The number of hydrogen-bond donors (Lipinski definition) is 0. The Hall–Kier alpha value is -3.05. The number of nitriles is 1. The summed E-state index contributed by atoms with van der Waals surface area (Å²) in [5.74, 6) is 0.430. The Morgan fingerprint density at radius 3 is 2.30 bits per heavy atom. The summed E-state index contributed by atoms with van der Waals surface area (Å²) in [5, 5.41) is 9.36. The van der Waals surface area contributed by atoms with Gasteiger partial charge in [-0.1, -0.05) is 12.1 Å². The second-order valence-electron chi connectivity index (χ2n) is 6.22. The average molecular weight is 432 g/mol. The van der Waals surface area contributed by atoms with Gasteiger partial charge in [0.15, 0.2) is 0 Å². The van der Waals surface area contributed by atoms with E-state index in [2.05, 4.69) is 4.98 Å². The first-order valence-electron chi connectivity index (χ1n) is 8.94. The zero-order valence-electron chi connectivity index (χ0n) is 15.8. The van der Waals surface area contributed by atoms with Gasteiger partial charge in [0, 0.05) is 11.3 Å². The topological polar surface area (TPSA) is 45.9 Å². The summed E-state index contributed by atoms with van der Waals surface area (Å²) in [5.41, 5.74) is -0.287. The summed E-state index contributed by atoms with van der Waals surface area (Å²) in [6, 6.07) is 14.7. The van der Waals surface area contributed by atoms with Gasteiger partial charge in [-0.3, -0.25) is 0 Å². The lowest BCUT2D eigenvalue weighted by Gasteiger charge is -2.14. The third-order valence-electron chi connectivity index (χ3n) is 4.15. The van der Waals surface area contributed by atoms with Crippen LogP contribution >= 0.6 is 11.8 Å². The molecule has 3 nitrogen and oxygen atoms in total. The number of aromatic nitrogens is 1. The summed E-state index contributed by atoms with van der Waals surface area (Å²) in [4.78, 5) is 4.32. The first kappa shape index (κ1) is 21.7. The van der Waals surface area contributed by atoms with E-state index in [1.54, 1.807) is 30.3 Å². The fourth-order valence-corrected chi connectivity index (χ4v) is 3.69. The molecular weight excluding hydrogens is 416 g/mol. The first-order chi connectivity index (χ1) is 14.3. The van der Waals surface area contributed by atoms with Crippen molar-refractivity contribution in [2.45, 2.75) is 23.9 Å². The highest BCUT2D eigenvalue weighted by molar-refractivity contribution is 7.98. The predicted octanol–water partition coefficient (Wildman–Crippen LogP) is 6.47. The molecule has 0 bridgehead atoms. The standard InChI is InChI=1S/C22H16F4N2OS/c1-2-29-17-9-5-15(6-10-17)20-11-19(22(24,25)26)18(12-27)21(28-20)30-13-14-3-7-16(23)8-4-14/h3-11H,2,13H2,1H3. The molecule has 0 aliphatic rings. The molecule has 0 atom stereocenters. The zero-order chi connectivity index (χ0) is 21.7. The fourth-order valence-electron chi connectivity index (χ4n) is 2.73. The maximum absolute atomic E-state index is 13.6. The van der Waals surface area contributed by atoms with Gasteiger partial charge in [-0.05, 0) is 55.0 Å². The van der Waals surface area contributed by atoms with Crippen molar-refractivity contribution in [3.8, 4) is 23.1 Å². The molecule has 154 valence electrons. The first-order valence-corrected chi connectivity index (χ1v) is 9.93. The zero-order valence-corrected chi connectivity index (χ0v) is 16.6. The van der Waals surface area contributed by atoms with Crippen LogP contribution in [-0.2, 0) is 11.9 Å². The van der Waals surface area contributed by atoms with Crippen molar-refractivity contribution in [1.82, 2.24) is 4.98 Å². The number of thioether (sulfide) groups is 1. The lowest BCUT2D eigenvalue weighted by molar-refractivity contribution is -0.138. The molecular formula is C22H16F4N2OS. The minimum atomic E-state index is -4.71. The van der Waals surface area contributed by atoms with Crippen LogP contribution in [-0.4, -0.2) is 11.6 Å². The molecule has 3 rings (SSSR count). The number of rotatable bonds is 6. The van der Waals surface area contributed by atoms with Crippen LogP contribution in [0.4, 0.5) is 17.6 Å². The number of benzene rings is 2. The summed E-state index contributed by atoms with van der Waals surface area (Å²) in [6.45, 7) is 2.30. The number of halogens is 4. The largest absolute Gasteiger partial charge is 0.494 e. The van der Waals surface area contributed by atoms with E-state index >= 15 is 0 Å². The Balaban J connectivity index is 2.02. The van der Waals surface area contributed by atoms with E-state index in [0.29, 0.717) is 23.5 Å². The molecule has 0 aliphatic carbocycles. The number of alkyl halides is 3. The molecule has 0 amide bonds. The number of pyridine rings is 1. The maximum Gasteiger partial charge on any atom is 0.417 e. The van der Waals surface area contributed by atoms with Crippen molar-refractivity contribution < 1.29 is 22.3 Å². The highest BCUT2D eigenvalue weighted by atomic mass is 32.2. The van der Waals surface area contributed by atoms with Crippen LogP contribution in [0.5, 0.6) is 5.75 Å². The lowest BCUT2D eigenvalue weighted by atomic mass is 10.1. The number of hydrogen-bond acceptors (Lipinski definition) is 4. The van der Waals surface area contributed by atoms with Gasteiger partial charge in [0.1, 0.15) is 22.7 Å². The highest BCUT2D eigenvalue weighted by Gasteiger charge is 2.36. The summed E-state index contributed by atoms with van der Waals surface area (Å²) in [6.07, 6.45) is -4.71. The second kappa shape index (κ2) is 9.18. The smallest absolute Gasteiger partial charge is 0.417 e. The molecule has 0 N–H and O–H groups in total. The van der Waals surface area contributed by atoms with Crippen LogP contribution in [0, 0.1) is 17.1 Å². The van der Waals surface area contributed by atoms with Gasteiger partial charge < -0.3 is 4.74 Å². The minimum absolute atomic E-state index is 0.0273. The van der Waals surface area contributed by atoms with Crippen LogP contribution in [0.2, 0.25) is 0 Å². The van der Waals surface area contributed by atoms with Crippen molar-refractivity contribution in [1.29, 1.82) is 5.26 Å². The van der Waals surface area contributed by atoms with E-state index in [4.69, 9.17) is 4.74 Å². The summed E-state index contributed by atoms with van der Waals surface area (Å²) >= 11 is 1.00. The Labute approximate surface area is 175 Å². The number of nitrogens with zero attached hydrogens (tertiary/aromatic N) is 2. The van der Waals surface area contributed by atoms with Gasteiger partial charge in [0.25, 0.3) is 0 Å². The minimum Gasteiger partial charge on any atom is -0.494 e. The third-order valence-corrected chi connectivity index (χ3v) is 5.20. The van der Waals surface area contributed by atoms with Gasteiger partial charge in [-0.25, -0.2) is 9.37 Å². The molecule has 0 radical (unpaired) electrons. The van der Waals surface area contributed by atoms with Crippen molar-refractivity contribution in [3.05, 3.63) is 77.1 Å². The van der Waals surface area contributed by atoms with Crippen LogP contribution < -0.4 is 4.74 Å². The molecule has 3 aromatic rings. The monoisotopic (exact) mass is 432 g/mol. The average Bonchev–Trinajstić information content (AvgIpc) is 2.73. The molecule has 8 heteroatoms. The Morgan fingerprint density at radius 1 is 1.07 bits per heavy atom. The molecule has 0 spiro atoms. The van der Waals surface area contributed by atoms with Gasteiger partial charge in [0.2, 0.25) is 0 Å². The van der Waals surface area contributed by atoms with Gasteiger partial charge in [0.05, 0.1) is 23.4 Å². The Morgan fingerprint density at radius 2 is 1.73 bits per heavy atom. The summed E-state index contributed by atoms with van der Waals surface area (Å²) < 4.78 is 59.3. The van der Waals surface area contributed by atoms with Crippen LogP contribution in [0.3, 0.4) is 0 Å². The molecule has 0 fully saturated rings. The van der Waals surface area contributed by atoms with E-state index in [1.165, 1.54) is 24.3 Å². The van der Waals surface area contributed by atoms with Crippen LogP contribution in [0.1, 0.15) is 23.6 Å². The van der Waals surface area contributed by atoms with Crippen molar-refractivity contribution >= 4 is 11.8 Å². The molecule has 0 saturated heterocycles. The molecule has 1 aromatic heterocycles. The van der Waals surface area contributed by atoms with Gasteiger partial charge in [-0.2, -0.15) is 18.4 Å². The molecule has 30 heavy (non-hydrogen) atoms. The third kappa shape index (κ3) is 5.10. The molecule has 0 unspecified atom stereocenters. The summed E-state index contributed by atoms with van der Waals surface area (Å²) in [7, 11) is 0. The Kier molecular flexibility index (Phi) is 6.63.